The van der Waals surface area contributed by atoms with Crippen molar-refractivity contribution < 1.29 is 14.6 Å². The fourth-order valence-corrected chi connectivity index (χ4v) is 5.52. The van der Waals surface area contributed by atoms with Crippen LogP contribution in [0.3, 0.4) is 0 Å². The second kappa shape index (κ2) is 7.44. The van der Waals surface area contributed by atoms with Crippen molar-refractivity contribution in [1.82, 2.24) is 4.90 Å². The van der Waals surface area contributed by atoms with Crippen LogP contribution in [-0.2, 0) is 16.9 Å². The summed E-state index contributed by atoms with van der Waals surface area (Å²) >= 11 is 0. The van der Waals surface area contributed by atoms with Crippen LogP contribution in [0.2, 0.25) is 0 Å². The van der Waals surface area contributed by atoms with Crippen LogP contribution in [0.25, 0.3) is 10.8 Å². The Balaban J connectivity index is 1.39. The number of carbonyl (C=O) groups is 1. The Hall–Kier alpha value is -2.85. The highest BCUT2D eigenvalue weighted by atomic mass is 16.6. The summed E-state index contributed by atoms with van der Waals surface area (Å²) in [5.74, 6) is 0. The molecule has 0 spiro atoms. The van der Waals surface area contributed by atoms with Crippen LogP contribution in [0.5, 0.6) is 0 Å². The SMILES string of the molecule is Cc1ccc2ccccc2c1C1(O)CC2CCC(C1)N2C(=O)OCc1ccccc1. The van der Waals surface area contributed by atoms with E-state index in [2.05, 4.69) is 31.2 Å². The number of amides is 1. The molecule has 2 unspecified atom stereocenters. The molecule has 4 nitrogen and oxygen atoms in total. The Morgan fingerprint density at radius 2 is 1.67 bits per heavy atom. The minimum absolute atomic E-state index is 0.00962. The third-order valence-electron chi connectivity index (χ3n) is 6.79. The molecule has 2 fully saturated rings. The number of ether oxygens (including phenoxy) is 1. The lowest BCUT2D eigenvalue weighted by molar-refractivity contribution is -0.0530. The number of hydrogen-bond donors (Lipinski definition) is 1. The van der Waals surface area contributed by atoms with E-state index in [-0.39, 0.29) is 24.8 Å². The number of benzene rings is 3. The molecule has 0 saturated carbocycles. The lowest BCUT2D eigenvalue weighted by Gasteiger charge is -2.44. The number of piperidine rings is 1. The molecular weight excluding hydrogens is 374 g/mol. The zero-order valence-corrected chi connectivity index (χ0v) is 17.3. The van der Waals surface area contributed by atoms with Gasteiger partial charge in [-0.05, 0) is 47.2 Å². The smallest absolute Gasteiger partial charge is 0.410 e. The largest absolute Gasteiger partial charge is 0.445 e. The van der Waals surface area contributed by atoms with E-state index < -0.39 is 5.60 Å². The maximum Gasteiger partial charge on any atom is 0.410 e. The highest BCUT2D eigenvalue weighted by molar-refractivity contribution is 5.87. The van der Waals surface area contributed by atoms with Gasteiger partial charge in [0.05, 0.1) is 5.60 Å². The molecule has 1 amide bonds. The Morgan fingerprint density at radius 3 is 2.40 bits per heavy atom. The first-order chi connectivity index (χ1) is 14.5. The molecule has 154 valence electrons. The Bertz CT molecular complexity index is 1060. The van der Waals surface area contributed by atoms with E-state index in [1.165, 1.54) is 0 Å². The average molecular weight is 402 g/mol. The third kappa shape index (κ3) is 3.25. The fraction of sp³-hybridized carbons (Fsp3) is 0.346. The monoisotopic (exact) mass is 401 g/mol. The number of nitrogens with zero attached hydrogens (tertiary/aromatic N) is 1. The van der Waals surface area contributed by atoms with E-state index in [0.717, 1.165) is 40.3 Å². The molecule has 2 bridgehead atoms. The molecule has 0 radical (unpaired) electrons. The van der Waals surface area contributed by atoms with Gasteiger partial charge in [-0.1, -0.05) is 66.7 Å². The van der Waals surface area contributed by atoms with Crippen LogP contribution < -0.4 is 0 Å². The van der Waals surface area contributed by atoms with Gasteiger partial charge in [0.15, 0.2) is 0 Å². The molecule has 3 aromatic rings. The van der Waals surface area contributed by atoms with E-state index in [1.54, 1.807) is 0 Å². The van der Waals surface area contributed by atoms with Crippen molar-refractivity contribution in [3.63, 3.8) is 0 Å². The lowest BCUT2D eigenvalue weighted by Crippen LogP contribution is -2.52. The number of rotatable bonds is 3. The predicted octanol–water partition coefficient (Wildman–Crippen LogP) is 5.30. The summed E-state index contributed by atoms with van der Waals surface area (Å²) in [6.45, 7) is 2.35. The molecule has 2 aliphatic heterocycles. The van der Waals surface area contributed by atoms with Gasteiger partial charge in [-0.15, -0.1) is 0 Å². The van der Waals surface area contributed by atoms with Gasteiger partial charge in [0, 0.05) is 24.9 Å². The summed E-state index contributed by atoms with van der Waals surface area (Å²) in [5.41, 5.74) is 2.19. The first-order valence-corrected chi connectivity index (χ1v) is 10.8. The number of aryl methyl sites for hydroxylation is 1. The van der Waals surface area contributed by atoms with Gasteiger partial charge in [0.25, 0.3) is 0 Å². The van der Waals surface area contributed by atoms with Gasteiger partial charge in [-0.3, -0.25) is 0 Å². The fourth-order valence-electron chi connectivity index (χ4n) is 5.52. The van der Waals surface area contributed by atoms with Crippen molar-refractivity contribution in [3.8, 4) is 0 Å². The maximum absolute atomic E-state index is 12.9. The van der Waals surface area contributed by atoms with E-state index in [9.17, 15) is 9.90 Å². The summed E-state index contributed by atoms with van der Waals surface area (Å²) in [7, 11) is 0. The Kier molecular flexibility index (Phi) is 4.75. The second-order valence-corrected chi connectivity index (χ2v) is 8.75. The molecule has 2 heterocycles. The zero-order valence-electron chi connectivity index (χ0n) is 17.3. The third-order valence-corrected chi connectivity index (χ3v) is 6.79. The Morgan fingerprint density at radius 1 is 1.00 bits per heavy atom. The van der Waals surface area contributed by atoms with Crippen molar-refractivity contribution in [3.05, 3.63) is 83.4 Å². The highest BCUT2D eigenvalue weighted by Gasteiger charge is 2.51. The number of carbonyl (C=O) groups excluding carboxylic acids is 1. The summed E-state index contributed by atoms with van der Waals surface area (Å²) in [6, 6.07) is 22.2. The van der Waals surface area contributed by atoms with E-state index in [4.69, 9.17) is 4.74 Å². The normalized spacial score (nSPS) is 25.5. The molecule has 2 aliphatic rings. The van der Waals surface area contributed by atoms with E-state index in [1.807, 2.05) is 47.4 Å². The summed E-state index contributed by atoms with van der Waals surface area (Å²) in [5, 5.41) is 14.1. The predicted molar refractivity (Wildman–Crippen MR) is 117 cm³/mol. The molecule has 0 aromatic heterocycles. The molecule has 2 saturated heterocycles. The maximum atomic E-state index is 12.9. The van der Waals surface area contributed by atoms with Gasteiger partial charge in [0.2, 0.25) is 0 Å². The van der Waals surface area contributed by atoms with Crippen LogP contribution in [-0.4, -0.2) is 28.2 Å². The molecule has 30 heavy (non-hydrogen) atoms. The van der Waals surface area contributed by atoms with Crippen LogP contribution in [0.4, 0.5) is 4.79 Å². The van der Waals surface area contributed by atoms with E-state index >= 15 is 0 Å². The lowest BCUT2D eigenvalue weighted by atomic mass is 9.77. The van der Waals surface area contributed by atoms with Gasteiger partial charge in [-0.2, -0.15) is 0 Å². The topological polar surface area (TPSA) is 49.8 Å². The van der Waals surface area contributed by atoms with Gasteiger partial charge in [0.1, 0.15) is 6.61 Å². The number of fused-ring (bicyclic) bond motifs is 3. The van der Waals surface area contributed by atoms with Crippen molar-refractivity contribution in [2.45, 2.75) is 56.9 Å². The zero-order chi connectivity index (χ0) is 20.7. The van der Waals surface area contributed by atoms with Crippen molar-refractivity contribution in [1.29, 1.82) is 0 Å². The minimum atomic E-state index is -0.924. The van der Waals surface area contributed by atoms with Crippen molar-refractivity contribution in [2.24, 2.45) is 0 Å². The molecule has 1 N–H and O–H groups in total. The summed E-state index contributed by atoms with van der Waals surface area (Å²) in [6.07, 6.45) is 2.68. The van der Waals surface area contributed by atoms with Crippen LogP contribution in [0, 0.1) is 6.92 Å². The quantitative estimate of drug-likeness (QED) is 0.648. The second-order valence-electron chi connectivity index (χ2n) is 8.75. The molecule has 4 heteroatoms. The molecule has 5 rings (SSSR count). The van der Waals surface area contributed by atoms with Gasteiger partial charge >= 0.3 is 6.09 Å². The minimum Gasteiger partial charge on any atom is -0.445 e. The standard InChI is InChI=1S/C26H27NO3/c1-18-11-12-20-9-5-6-10-23(20)24(18)26(29)15-21-13-14-22(16-26)27(21)25(28)30-17-19-7-3-2-4-8-19/h2-12,21-22,29H,13-17H2,1H3. The number of hydrogen-bond acceptors (Lipinski definition) is 3. The molecule has 3 aromatic carbocycles. The van der Waals surface area contributed by atoms with E-state index in [0.29, 0.717) is 12.8 Å². The molecule has 0 aliphatic carbocycles. The summed E-state index contributed by atoms with van der Waals surface area (Å²) in [4.78, 5) is 14.8. The molecular formula is C26H27NO3. The summed E-state index contributed by atoms with van der Waals surface area (Å²) < 4.78 is 5.62. The Labute approximate surface area is 177 Å². The first kappa shape index (κ1) is 19.1. The van der Waals surface area contributed by atoms with Crippen molar-refractivity contribution in [2.75, 3.05) is 0 Å². The molecule has 2 atom stereocenters. The average Bonchev–Trinajstić information content (AvgIpc) is 3.04. The van der Waals surface area contributed by atoms with Crippen LogP contribution in [0.1, 0.15) is 42.4 Å². The van der Waals surface area contributed by atoms with Crippen molar-refractivity contribution >= 4 is 16.9 Å². The van der Waals surface area contributed by atoms with Gasteiger partial charge < -0.3 is 14.7 Å². The van der Waals surface area contributed by atoms with Crippen LogP contribution >= 0.6 is 0 Å². The van der Waals surface area contributed by atoms with Crippen LogP contribution in [0.15, 0.2) is 66.7 Å². The number of aliphatic hydroxyl groups is 1. The van der Waals surface area contributed by atoms with Gasteiger partial charge in [-0.25, -0.2) is 4.79 Å². The first-order valence-electron chi connectivity index (χ1n) is 10.8. The highest BCUT2D eigenvalue weighted by Crippen LogP contribution is 2.48.